The van der Waals surface area contributed by atoms with Gasteiger partial charge in [0.05, 0.1) is 23.8 Å². The molecule has 0 aliphatic rings. The molecule has 1 atom stereocenters. The average molecular weight is 358 g/mol. The molecule has 10 nitrogen and oxygen atoms in total. The Morgan fingerprint density at radius 2 is 1.24 bits per heavy atom. The van der Waals surface area contributed by atoms with Crippen molar-refractivity contribution in [2.24, 2.45) is 0 Å². The van der Waals surface area contributed by atoms with Crippen molar-refractivity contribution >= 4 is 23.9 Å². The van der Waals surface area contributed by atoms with Crippen LogP contribution < -0.4 is 0 Å². The van der Waals surface area contributed by atoms with Crippen LogP contribution in [0.2, 0.25) is 0 Å². The third kappa shape index (κ3) is 15.4. The molecule has 138 valence electrons. The number of aliphatic carboxylic acids is 2. The minimum atomic E-state index is -1.26. The maximum Gasteiger partial charge on any atom is 0.335 e. The van der Waals surface area contributed by atoms with E-state index < -0.39 is 30.0 Å². The Balaban J connectivity index is 0. The van der Waals surface area contributed by atoms with Crippen molar-refractivity contribution in [3.63, 3.8) is 0 Å². The first-order valence-electron chi connectivity index (χ1n) is 6.50. The summed E-state index contributed by atoms with van der Waals surface area (Å²) in [5, 5.41) is 48.6. The molecule has 1 aromatic carbocycles. The fraction of sp³-hybridized carbons (Fsp3) is 0.200. The molecule has 0 saturated heterocycles. The number of hydrogen-bond acceptors (Lipinski definition) is 6. The first kappa shape index (κ1) is 24.0. The fourth-order valence-electron chi connectivity index (χ4n) is 0.928. The lowest BCUT2D eigenvalue weighted by Gasteiger charge is -1.95. The summed E-state index contributed by atoms with van der Waals surface area (Å²) in [4.78, 5) is 39.9. The average Bonchev–Trinajstić information content (AvgIpc) is 2.54. The lowest BCUT2D eigenvalue weighted by atomic mass is 10.1. The number of aliphatic hydroxyl groups is 2. The van der Waals surface area contributed by atoms with Gasteiger partial charge in [0.2, 0.25) is 0 Å². The summed E-state index contributed by atoms with van der Waals surface area (Å²) >= 11 is 0. The van der Waals surface area contributed by atoms with Crippen molar-refractivity contribution in [2.75, 3.05) is 6.61 Å². The first-order valence-corrected chi connectivity index (χ1v) is 6.50. The zero-order valence-corrected chi connectivity index (χ0v) is 13.1. The highest BCUT2D eigenvalue weighted by Gasteiger charge is 2.06. The van der Waals surface area contributed by atoms with Crippen molar-refractivity contribution in [1.29, 1.82) is 0 Å². The Labute approximate surface area is 141 Å². The summed E-state index contributed by atoms with van der Waals surface area (Å²) in [5.41, 5.74) is -0.0372. The third-order valence-electron chi connectivity index (χ3n) is 1.99. The van der Waals surface area contributed by atoms with Crippen LogP contribution in [-0.4, -0.2) is 67.2 Å². The predicted octanol–water partition coefficient (Wildman–Crippen LogP) is 0.154. The van der Waals surface area contributed by atoms with Gasteiger partial charge in [-0.3, -0.25) is 0 Å². The highest BCUT2D eigenvalue weighted by molar-refractivity contribution is 5.93. The largest absolute Gasteiger partial charge is 0.478 e. The maximum atomic E-state index is 10.4. The summed E-state index contributed by atoms with van der Waals surface area (Å²) in [6.07, 6.45) is 0.556. The molecule has 6 N–H and O–H groups in total. The second-order valence-electron chi connectivity index (χ2n) is 4.23. The van der Waals surface area contributed by atoms with Crippen LogP contribution in [0.25, 0.3) is 0 Å². The fourth-order valence-corrected chi connectivity index (χ4v) is 0.928. The van der Waals surface area contributed by atoms with Crippen molar-refractivity contribution in [3.05, 3.63) is 47.5 Å². The van der Waals surface area contributed by atoms with Gasteiger partial charge in [0.25, 0.3) is 0 Å². The van der Waals surface area contributed by atoms with Crippen molar-refractivity contribution < 1.29 is 49.8 Å². The molecule has 0 fully saturated rings. The number of hydrogen-bond donors (Lipinski definition) is 6. The van der Waals surface area contributed by atoms with Crippen molar-refractivity contribution in [1.82, 2.24) is 0 Å². The number of rotatable bonds is 5. The quantitative estimate of drug-likeness (QED) is 0.395. The van der Waals surface area contributed by atoms with Crippen LogP contribution >= 0.6 is 0 Å². The highest BCUT2D eigenvalue weighted by Crippen LogP contribution is 2.04. The van der Waals surface area contributed by atoms with E-state index in [1.165, 1.54) is 25.1 Å². The molecule has 10 heteroatoms. The van der Waals surface area contributed by atoms with Gasteiger partial charge in [0, 0.05) is 12.2 Å². The van der Waals surface area contributed by atoms with E-state index in [-0.39, 0.29) is 17.7 Å². The summed E-state index contributed by atoms with van der Waals surface area (Å²) in [6, 6.07) is 5.20. The highest BCUT2D eigenvalue weighted by atomic mass is 16.4. The minimum absolute atomic E-state index is 0.0186. The van der Waals surface area contributed by atoms with E-state index in [2.05, 4.69) is 0 Å². The van der Waals surface area contributed by atoms with E-state index >= 15 is 0 Å². The molecule has 1 rings (SSSR count). The van der Waals surface area contributed by atoms with Crippen LogP contribution in [-0.2, 0) is 9.59 Å². The van der Waals surface area contributed by atoms with Crippen molar-refractivity contribution in [3.8, 4) is 0 Å². The van der Waals surface area contributed by atoms with Crippen LogP contribution in [0.15, 0.2) is 36.4 Å². The molecule has 0 heterocycles. The third-order valence-corrected chi connectivity index (χ3v) is 1.99. The zero-order chi connectivity index (χ0) is 20.0. The van der Waals surface area contributed by atoms with Gasteiger partial charge >= 0.3 is 23.9 Å². The van der Waals surface area contributed by atoms with Gasteiger partial charge in [-0.05, 0) is 25.1 Å². The lowest BCUT2D eigenvalue weighted by molar-refractivity contribution is -0.134. The molecule has 0 saturated carbocycles. The minimum Gasteiger partial charge on any atom is -0.478 e. The summed E-state index contributed by atoms with van der Waals surface area (Å²) < 4.78 is 0. The molecule has 0 aliphatic heterocycles. The van der Waals surface area contributed by atoms with Gasteiger partial charge in [0.15, 0.2) is 0 Å². The number of carbonyl (C=O) groups is 4. The van der Waals surface area contributed by atoms with E-state index in [1.54, 1.807) is 0 Å². The van der Waals surface area contributed by atoms with Crippen LogP contribution in [0.1, 0.15) is 27.6 Å². The van der Waals surface area contributed by atoms with Crippen LogP contribution in [0.4, 0.5) is 0 Å². The Morgan fingerprint density at radius 3 is 1.44 bits per heavy atom. The molecular weight excluding hydrogens is 340 g/mol. The topological polar surface area (TPSA) is 190 Å². The molecule has 0 aliphatic carbocycles. The van der Waals surface area contributed by atoms with Crippen molar-refractivity contribution in [2.45, 2.75) is 13.0 Å². The van der Waals surface area contributed by atoms with Gasteiger partial charge < -0.3 is 30.6 Å². The van der Waals surface area contributed by atoms with E-state index in [0.717, 1.165) is 6.07 Å². The standard InChI is InChI=1S/C8H6O4.C4H4O4.C3H8O2/c9-7(10)5-2-1-3-6(4-5)8(11)12;5-3(6)1-2-4(7)8;1-3(5)2-4/h1-4H,(H,9,10)(H,11,12);1-2H,(H,5,6)(H,7,8);3-5H,2H2,1H3/b;2-1-;. The number of carboxylic acids is 4. The smallest absolute Gasteiger partial charge is 0.335 e. The molecule has 0 amide bonds. The second-order valence-corrected chi connectivity index (χ2v) is 4.23. The van der Waals surface area contributed by atoms with Gasteiger partial charge in [-0.1, -0.05) is 6.07 Å². The Hall–Kier alpha value is -3.24. The van der Waals surface area contributed by atoms with E-state index in [0.29, 0.717) is 12.2 Å². The van der Waals surface area contributed by atoms with Crippen LogP contribution in [0, 0.1) is 0 Å². The van der Waals surface area contributed by atoms with Gasteiger partial charge in [-0.25, -0.2) is 19.2 Å². The summed E-state index contributed by atoms with van der Waals surface area (Å²) in [5.74, 6) is -4.77. The lowest BCUT2D eigenvalue weighted by Crippen LogP contribution is -2.03. The Kier molecular flexibility index (Phi) is 12.7. The Morgan fingerprint density at radius 1 is 0.920 bits per heavy atom. The Bertz CT molecular complexity index is 573. The number of aromatic carboxylic acids is 2. The molecule has 1 aromatic rings. The van der Waals surface area contributed by atoms with Crippen LogP contribution in [0.5, 0.6) is 0 Å². The van der Waals surface area contributed by atoms with Gasteiger partial charge in [0.1, 0.15) is 0 Å². The van der Waals surface area contributed by atoms with Crippen LogP contribution in [0.3, 0.4) is 0 Å². The second kappa shape index (κ2) is 13.2. The number of aliphatic hydroxyl groups excluding tert-OH is 2. The van der Waals surface area contributed by atoms with E-state index in [1.807, 2.05) is 0 Å². The number of carboxylic acid groups (broad SMARTS) is 4. The molecule has 1 unspecified atom stereocenters. The monoisotopic (exact) mass is 358 g/mol. The molecular formula is C15H18O10. The molecule has 25 heavy (non-hydrogen) atoms. The summed E-state index contributed by atoms with van der Waals surface area (Å²) in [6.45, 7) is 1.39. The predicted molar refractivity (Wildman–Crippen MR) is 83.5 cm³/mol. The van der Waals surface area contributed by atoms with E-state index in [9.17, 15) is 19.2 Å². The molecule has 0 aromatic heterocycles. The first-order chi connectivity index (χ1) is 11.5. The number of benzene rings is 1. The maximum absolute atomic E-state index is 10.4. The normalized spacial score (nSPS) is 10.5. The van der Waals surface area contributed by atoms with E-state index in [4.69, 9.17) is 30.6 Å². The molecule has 0 bridgehead atoms. The SMILES string of the molecule is CC(O)CO.O=C(O)/C=C\C(=O)O.O=C(O)c1cccc(C(=O)O)c1. The molecule has 0 spiro atoms. The zero-order valence-electron chi connectivity index (χ0n) is 13.1. The van der Waals surface area contributed by atoms with Gasteiger partial charge in [-0.15, -0.1) is 0 Å². The molecule has 0 radical (unpaired) electrons. The van der Waals surface area contributed by atoms with Gasteiger partial charge in [-0.2, -0.15) is 0 Å². The summed E-state index contributed by atoms with van der Waals surface area (Å²) in [7, 11) is 0.